The Balaban J connectivity index is 1.29. The Kier molecular flexibility index (Phi) is 11.6. The Morgan fingerprint density at radius 3 is 1.63 bits per heavy atom. The second kappa shape index (κ2) is 16.4. The van der Waals surface area contributed by atoms with E-state index in [-0.39, 0.29) is 32.5 Å². The summed E-state index contributed by atoms with van der Waals surface area (Å²) < 4.78 is 11.4. The van der Waals surface area contributed by atoms with Gasteiger partial charge in [-0.05, 0) is 113 Å². The molecule has 0 bridgehead atoms. The van der Waals surface area contributed by atoms with Crippen molar-refractivity contribution in [2.24, 2.45) is 0 Å². The molecule has 8 aromatic rings. The van der Waals surface area contributed by atoms with Crippen LogP contribution >= 0.6 is 0 Å². The van der Waals surface area contributed by atoms with Gasteiger partial charge in [-0.1, -0.05) is 179 Å². The van der Waals surface area contributed by atoms with Crippen molar-refractivity contribution in [1.29, 1.82) is 0 Å². The monoisotopic (exact) mass is 891 g/mol. The van der Waals surface area contributed by atoms with Crippen LogP contribution in [0.1, 0.15) is 158 Å². The predicted octanol–water partition coefficient (Wildman–Crippen LogP) is 17.3. The van der Waals surface area contributed by atoms with Crippen LogP contribution in [-0.4, -0.2) is 19.3 Å². The number of ether oxygens (including phenoxy) is 1. The summed E-state index contributed by atoms with van der Waals surface area (Å²) in [4.78, 5) is 5.32. The zero-order valence-electron chi connectivity index (χ0n) is 43.7. The van der Waals surface area contributed by atoms with Gasteiger partial charge in [-0.25, -0.2) is 9.67 Å². The smallest absolute Gasteiger partial charge is 0.138 e. The van der Waals surface area contributed by atoms with Crippen LogP contribution in [0.4, 0.5) is 0 Å². The van der Waals surface area contributed by atoms with E-state index in [9.17, 15) is 0 Å². The van der Waals surface area contributed by atoms with E-state index in [1.165, 1.54) is 55.3 Å². The maximum atomic E-state index is 7.10. The van der Waals surface area contributed by atoms with Gasteiger partial charge in [0.2, 0.25) is 0 Å². The van der Waals surface area contributed by atoms with E-state index < -0.39 is 0 Å². The number of rotatable bonds is 6. The van der Waals surface area contributed by atoms with Crippen molar-refractivity contribution in [3.63, 3.8) is 0 Å². The van der Waals surface area contributed by atoms with Crippen LogP contribution in [0.15, 0.2) is 122 Å². The average molecular weight is 891 g/mol. The van der Waals surface area contributed by atoms with Gasteiger partial charge in [0, 0.05) is 46.4 Å². The first-order valence-corrected chi connectivity index (χ1v) is 24.2. The van der Waals surface area contributed by atoms with Crippen molar-refractivity contribution >= 4 is 21.8 Å². The molecule has 0 atom stereocenters. The van der Waals surface area contributed by atoms with Crippen molar-refractivity contribution in [3.8, 4) is 45.3 Å². The van der Waals surface area contributed by atoms with E-state index in [2.05, 4.69) is 239 Å². The molecule has 348 valence electrons. The van der Waals surface area contributed by atoms with Gasteiger partial charge >= 0.3 is 0 Å². The van der Waals surface area contributed by atoms with Gasteiger partial charge < -0.3 is 4.74 Å². The van der Waals surface area contributed by atoms with Gasteiger partial charge in [-0.15, -0.1) is 0 Å². The fraction of sp³-hybridized carbons (Fsp3) is 0.387. The molecule has 0 spiro atoms. The van der Waals surface area contributed by atoms with E-state index in [1.807, 2.05) is 16.9 Å². The number of pyridine rings is 1. The molecule has 0 fully saturated rings. The first-order valence-electron chi connectivity index (χ1n) is 24.2. The number of aromatic nitrogens is 4. The van der Waals surface area contributed by atoms with Gasteiger partial charge in [0.1, 0.15) is 17.3 Å². The Bertz CT molecular complexity index is 3120. The second-order valence-corrected chi connectivity index (χ2v) is 25.2. The molecule has 67 heavy (non-hydrogen) atoms. The summed E-state index contributed by atoms with van der Waals surface area (Å²) in [6, 6.07) is 38.2. The van der Waals surface area contributed by atoms with E-state index in [4.69, 9.17) is 14.8 Å². The van der Waals surface area contributed by atoms with Crippen molar-refractivity contribution in [2.75, 3.05) is 0 Å². The molecule has 3 aromatic heterocycles. The highest BCUT2D eigenvalue weighted by Gasteiger charge is 2.28. The van der Waals surface area contributed by atoms with Crippen LogP contribution in [0, 0.1) is 0 Å². The normalized spacial score (nSPS) is 13.2. The fourth-order valence-corrected chi connectivity index (χ4v) is 9.08. The maximum Gasteiger partial charge on any atom is 0.138 e. The minimum absolute atomic E-state index is 0.0164. The molecule has 5 heteroatoms. The largest absolute Gasteiger partial charge is 0.457 e. The third-order valence-electron chi connectivity index (χ3n) is 13.4. The van der Waals surface area contributed by atoms with E-state index in [0.29, 0.717) is 0 Å². The van der Waals surface area contributed by atoms with Crippen molar-refractivity contribution in [2.45, 2.75) is 157 Å². The molecule has 5 aromatic carbocycles. The molecule has 0 aliphatic rings. The molecular weight excluding hydrogens is 817 g/mol. The number of fused-ring (bicyclic) bond motifs is 3. The highest BCUT2D eigenvalue weighted by Crippen LogP contribution is 2.44. The summed E-state index contributed by atoms with van der Waals surface area (Å²) >= 11 is 0. The van der Waals surface area contributed by atoms with Crippen LogP contribution in [0.25, 0.3) is 55.6 Å². The standard InChI is InChI=1S/C62H74N4O/c1-57(2,3)42-22-19-21-39(27-42)48-34-56(63-37-52(48)62(16,17)18)66-53-26-25-43(58(4,5)6)31-49(53)50-33-51(61(13,14)15)55(35-54(50)66)67-47-24-20-23-46(32-47)65-38-41(36-64-65)40-28-44(59(7,8)9)30-45(29-40)60(10,11)12/h19-38H,1-18H3. The summed E-state index contributed by atoms with van der Waals surface area (Å²) in [6.45, 7) is 41.0. The minimum Gasteiger partial charge on any atom is -0.457 e. The van der Waals surface area contributed by atoms with Crippen LogP contribution < -0.4 is 4.74 Å². The quantitative estimate of drug-likeness (QED) is 0.167. The number of hydrogen-bond donors (Lipinski definition) is 0. The molecule has 0 amide bonds. The molecule has 8 rings (SSSR count). The Hall–Kier alpha value is -5.94. The van der Waals surface area contributed by atoms with Crippen molar-refractivity contribution in [3.05, 3.63) is 155 Å². The van der Waals surface area contributed by atoms with Gasteiger partial charge in [0.05, 0.1) is 22.9 Å². The number of hydrogen-bond acceptors (Lipinski definition) is 3. The molecule has 0 aliphatic carbocycles. The average Bonchev–Trinajstić information content (AvgIpc) is 3.85. The van der Waals surface area contributed by atoms with E-state index >= 15 is 0 Å². The Morgan fingerprint density at radius 1 is 0.433 bits per heavy atom. The van der Waals surface area contributed by atoms with Crippen molar-refractivity contribution in [1.82, 2.24) is 19.3 Å². The first kappa shape index (κ1) is 47.5. The molecule has 3 heterocycles. The molecular formula is C62H74N4O. The molecule has 0 saturated carbocycles. The van der Waals surface area contributed by atoms with Gasteiger partial charge in [0.25, 0.3) is 0 Å². The topological polar surface area (TPSA) is 44.9 Å². The Labute approximate surface area is 401 Å². The third-order valence-corrected chi connectivity index (χ3v) is 13.4. The number of benzene rings is 5. The molecule has 0 saturated heterocycles. The van der Waals surface area contributed by atoms with Gasteiger partial charge in [-0.3, -0.25) is 4.57 Å². The zero-order valence-corrected chi connectivity index (χ0v) is 43.7. The summed E-state index contributed by atoms with van der Waals surface area (Å²) in [5, 5.41) is 7.29. The lowest BCUT2D eigenvalue weighted by Gasteiger charge is -2.26. The van der Waals surface area contributed by atoms with Gasteiger partial charge in [-0.2, -0.15) is 5.10 Å². The molecule has 0 radical (unpaired) electrons. The van der Waals surface area contributed by atoms with Crippen LogP contribution in [0.2, 0.25) is 0 Å². The van der Waals surface area contributed by atoms with Gasteiger partial charge in [0.15, 0.2) is 0 Å². The van der Waals surface area contributed by atoms with Crippen LogP contribution in [0.3, 0.4) is 0 Å². The highest BCUT2D eigenvalue weighted by molar-refractivity contribution is 6.10. The van der Waals surface area contributed by atoms with Crippen molar-refractivity contribution < 1.29 is 4.74 Å². The Morgan fingerprint density at radius 2 is 1.01 bits per heavy atom. The maximum absolute atomic E-state index is 7.10. The summed E-state index contributed by atoms with van der Waals surface area (Å²) in [5.74, 6) is 2.44. The molecule has 0 aliphatic heterocycles. The lowest BCUT2D eigenvalue weighted by atomic mass is 9.79. The molecule has 5 nitrogen and oxygen atoms in total. The molecule has 0 N–H and O–H groups in total. The van der Waals surface area contributed by atoms with E-state index in [1.54, 1.807) is 0 Å². The lowest BCUT2D eigenvalue weighted by molar-refractivity contribution is 0.456. The van der Waals surface area contributed by atoms with E-state index in [0.717, 1.165) is 45.2 Å². The van der Waals surface area contributed by atoms with Crippen LogP contribution in [-0.2, 0) is 32.5 Å². The van der Waals surface area contributed by atoms with Crippen LogP contribution in [0.5, 0.6) is 11.5 Å². The minimum atomic E-state index is -0.223. The molecule has 0 unspecified atom stereocenters. The lowest BCUT2D eigenvalue weighted by Crippen LogP contribution is -2.16. The first-order chi connectivity index (χ1) is 31.0. The highest BCUT2D eigenvalue weighted by atomic mass is 16.5. The zero-order chi connectivity index (χ0) is 48.8. The second-order valence-electron chi connectivity index (χ2n) is 25.2. The SMILES string of the molecule is CC(C)(C)c1cccc(-c2cc(-n3c4ccc(C(C)(C)C)cc4c4cc(C(C)(C)C)c(Oc5cccc(-n6cc(-c7cc(C(C)(C)C)cc(C(C)(C)C)c7)cn6)c5)cc43)ncc2C(C)(C)C)c1. The number of nitrogens with zero attached hydrogens (tertiary/aromatic N) is 4. The third kappa shape index (κ3) is 9.62. The fourth-order valence-electron chi connectivity index (χ4n) is 9.08. The predicted molar refractivity (Wildman–Crippen MR) is 285 cm³/mol. The summed E-state index contributed by atoms with van der Waals surface area (Å²) in [7, 11) is 0. The summed E-state index contributed by atoms with van der Waals surface area (Å²) in [5.41, 5.74) is 15.0. The summed E-state index contributed by atoms with van der Waals surface area (Å²) in [6.07, 6.45) is 6.22.